The minimum Gasteiger partial charge on any atom is -0.378 e. The fourth-order valence-corrected chi connectivity index (χ4v) is 3.90. The molecule has 1 aliphatic heterocycles. The van der Waals surface area contributed by atoms with Gasteiger partial charge in [0.15, 0.2) is 0 Å². The predicted molar refractivity (Wildman–Crippen MR) is 116 cm³/mol. The van der Waals surface area contributed by atoms with Crippen molar-refractivity contribution in [3.05, 3.63) is 41.7 Å². The highest BCUT2D eigenvalue weighted by Gasteiger charge is 2.16. The SMILES string of the molecule is Cc1cc(C)n(-c2nnc(SCC(=O)Nc3ccc(N4CCOCC4)cc3)n2N)n1. The minimum absolute atomic E-state index is 0.144. The Morgan fingerprint density at radius 3 is 2.60 bits per heavy atom. The zero-order valence-electron chi connectivity index (χ0n) is 16.9. The van der Waals surface area contributed by atoms with Crippen LogP contribution in [-0.4, -0.2) is 62.6 Å². The van der Waals surface area contributed by atoms with E-state index >= 15 is 0 Å². The van der Waals surface area contributed by atoms with E-state index in [0.29, 0.717) is 11.1 Å². The van der Waals surface area contributed by atoms with Crippen LogP contribution in [0.5, 0.6) is 0 Å². The number of rotatable bonds is 6. The second-order valence-corrected chi connectivity index (χ2v) is 7.92. The van der Waals surface area contributed by atoms with Gasteiger partial charge in [0.05, 0.1) is 24.7 Å². The molecule has 0 bridgehead atoms. The molecule has 0 saturated carbocycles. The number of nitrogens with two attached hydrogens (primary N) is 1. The summed E-state index contributed by atoms with van der Waals surface area (Å²) in [5.74, 6) is 6.53. The van der Waals surface area contributed by atoms with E-state index in [2.05, 4.69) is 25.5 Å². The Morgan fingerprint density at radius 2 is 1.93 bits per heavy atom. The van der Waals surface area contributed by atoms with Gasteiger partial charge in [0, 0.05) is 30.2 Å². The van der Waals surface area contributed by atoms with Gasteiger partial charge in [-0.25, -0.2) is 9.36 Å². The number of carbonyl (C=O) groups is 1. The Kier molecular flexibility index (Phi) is 5.91. The first-order chi connectivity index (χ1) is 14.5. The molecule has 158 valence electrons. The molecule has 0 unspecified atom stereocenters. The second kappa shape index (κ2) is 8.76. The molecule has 0 atom stereocenters. The van der Waals surface area contributed by atoms with Crippen molar-refractivity contribution in [2.45, 2.75) is 19.0 Å². The highest BCUT2D eigenvalue weighted by atomic mass is 32.2. The topological polar surface area (TPSA) is 116 Å². The summed E-state index contributed by atoms with van der Waals surface area (Å²) in [4.78, 5) is 14.6. The molecule has 1 fully saturated rings. The summed E-state index contributed by atoms with van der Waals surface area (Å²) in [6.45, 7) is 7.04. The number of aromatic nitrogens is 5. The summed E-state index contributed by atoms with van der Waals surface area (Å²) in [5.41, 5.74) is 3.64. The molecule has 10 nitrogen and oxygen atoms in total. The van der Waals surface area contributed by atoms with Crippen LogP contribution in [0.25, 0.3) is 5.95 Å². The van der Waals surface area contributed by atoms with E-state index in [1.165, 1.54) is 16.4 Å². The van der Waals surface area contributed by atoms with Gasteiger partial charge in [0.1, 0.15) is 0 Å². The molecule has 3 aromatic rings. The van der Waals surface area contributed by atoms with Gasteiger partial charge in [-0.1, -0.05) is 11.8 Å². The van der Waals surface area contributed by atoms with Gasteiger partial charge in [-0.05, 0) is 44.2 Å². The summed E-state index contributed by atoms with van der Waals surface area (Å²) < 4.78 is 8.35. The number of morpholine rings is 1. The van der Waals surface area contributed by atoms with Gasteiger partial charge in [-0.2, -0.15) is 5.10 Å². The number of amides is 1. The lowest BCUT2D eigenvalue weighted by Gasteiger charge is -2.28. The molecule has 1 amide bonds. The molecule has 30 heavy (non-hydrogen) atoms. The zero-order chi connectivity index (χ0) is 21.1. The van der Waals surface area contributed by atoms with Crippen molar-refractivity contribution in [1.29, 1.82) is 0 Å². The van der Waals surface area contributed by atoms with Crippen LogP contribution >= 0.6 is 11.8 Å². The van der Waals surface area contributed by atoms with Crippen molar-refractivity contribution in [3.8, 4) is 5.95 Å². The molecule has 3 heterocycles. The molecule has 11 heteroatoms. The summed E-state index contributed by atoms with van der Waals surface area (Å²) in [6, 6.07) is 9.75. The van der Waals surface area contributed by atoms with Crippen LogP contribution < -0.4 is 16.1 Å². The Balaban J connectivity index is 1.33. The fraction of sp³-hybridized carbons (Fsp3) is 0.368. The third kappa shape index (κ3) is 4.41. The fourth-order valence-electron chi connectivity index (χ4n) is 3.25. The van der Waals surface area contributed by atoms with Gasteiger partial charge >= 0.3 is 0 Å². The van der Waals surface area contributed by atoms with E-state index in [0.717, 1.165) is 49.1 Å². The highest BCUT2D eigenvalue weighted by molar-refractivity contribution is 7.99. The number of nitrogens with zero attached hydrogens (tertiary/aromatic N) is 6. The molecule has 2 aromatic heterocycles. The number of thioether (sulfide) groups is 1. The normalized spacial score (nSPS) is 14.1. The lowest BCUT2D eigenvalue weighted by atomic mass is 10.2. The summed E-state index contributed by atoms with van der Waals surface area (Å²) in [5, 5.41) is 15.9. The third-order valence-electron chi connectivity index (χ3n) is 4.71. The Hall–Kier alpha value is -3.05. The van der Waals surface area contributed by atoms with Crippen LogP contribution in [0.2, 0.25) is 0 Å². The quantitative estimate of drug-likeness (QED) is 0.447. The molecular weight excluding hydrogens is 404 g/mol. The van der Waals surface area contributed by atoms with Gasteiger partial charge in [0.25, 0.3) is 5.95 Å². The molecule has 3 N–H and O–H groups in total. The maximum absolute atomic E-state index is 12.3. The van der Waals surface area contributed by atoms with E-state index in [1.54, 1.807) is 4.68 Å². The second-order valence-electron chi connectivity index (χ2n) is 6.97. The first kappa shape index (κ1) is 20.2. The molecule has 0 radical (unpaired) electrons. The Morgan fingerprint density at radius 1 is 1.20 bits per heavy atom. The zero-order valence-corrected chi connectivity index (χ0v) is 17.7. The largest absolute Gasteiger partial charge is 0.378 e. The average Bonchev–Trinajstić information content (AvgIpc) is 3.28. The standard InChI is InChI=1S/C19H24N8O2S/c1-13-11-14(2)27(24-13)18-22-23-19(26(18)20)30-12-17(28)21-15-3-5-16(6-4-15)25-7-9-29-10-8-25/h3-6,11H,7-10,12,20H2,1-2H3,(H,21,28). The highest BCUT2D eigenvalue weighted by Crippen LogP contribution is 2.21. The lowest BCUT2D eigenvalue weighted by Crippen LogP contribution is -2.36. The van der Waals surface area contributed by atoms with E-state index < -0.39 is 0 Å². The number of nitrogens with one attached hydrogen (secondary N) is 1. The number of nitrogen functional groups attached to an aromatic ring is 1. The van der Waals surface area contributed by atoms with E-state index in [9.17, 15) is 4.79 Å². The van der Waals surface area contributed by atoms with Crippen molar-refractivity contribution in [3.63, 3.8) is 0 Å². The first-order valence-electron chi connectivity index (χ1n) is 9.61. The Bertz CT molecular complexity index is 1020. The molecular formula is C19H24N8O2S. The maximum Gasteiger partial charge on any atom is 0.271 e. The predicted octanol–water partition coefficient (Wildman–Crippen LogP) is 1.36. The molecule has 4 rings (SSSR count). The monoisotopic (exact) mass is 428 g/mol. The smallest absolute Gasteiger partial charge is 0.271 e. The number of ether oxygens (including phenoxy) is 1. The molecule has 1 saturated heterocycles. The van der Waals surface area contributed by atoms with Crippen molar-refractivity contribution < 1.29 is 9.53 Å². The van der Waals surface area contributed by atoms with Crippen LogP contribution in [0.3, 0.4) is 0 Å². The van der Waals surface area contributed by atoms with Crippen LogP contribution in [0.15, 0.2) is 35.5 Å². The third-order valence-corrected chi connectivity index (χ3v) is 5.65. The van der Waals surface area contributed by atoms with Crippen LogP contribution in [0.4, 0.5) is 11.4 Å². The summed E-state index contributed by atoms with van der Waals surface area (Å²) in [7, 11) is 0. The number of benzene rings is 1. The van der Waals surface area contributed by atoms with Crippen LogP contribution in [-0.2, 0) is 9.53 Å². The van der Waals surface area contributed by atoms with Crippen LogP contribution in [0.1, 0.15) is 11.4 Å². The van der Waals surface area contributed by atoms with E-state index in [1.807, 2.05) is 44.2 Å². The van der Waals surface area contributed by atoms with Gasteiger partial charge in [-0.15, -0.1) is 10.2 Å². The van der Waals surface area contributed by atoms with Gasteiger partial charge in [-0.3, -0.25) is 4.79 Å². The maximum atomic E-state index is 12.3. The van der Waals surface area contributed by atoms with Crippen molar-refractivity contribution >= 4 is 29.0 Å². The molecule has 0 spiro atoms. The van der Waals surface area contributed by atoms with Crippen molar-refractivity contribution in [2.24, 2.45) is 0 Å². The van der Waals surface area contributed by atoms with E-state index in [-0.39, 0.29) is 11.7 Å². The first-order valence-corrected chi connectivity index (χ1v) is 10.6. The summed E-state index contributed by atoms with van der Waals surface area (Å²) >= 11 is 1.22. The Labute approximate surface area is 178 Å². The van der Waals surface area contributed by atoms with Crippen LogP contribution in [0, 0.1) is 13.8 Å². The summed E-state index contributed by atoms with van der Waals surface area (Å²) in [6.07, 6.45) is 0. The average molecular weight is 429 g/mol. The van der Waals surface area contributed by atoms with Gasteiger partial charge < -0.3 is 20.8 Å². The molecule has 1 aromatic carbocycles. The van der Waals surface area contributed by atoms with Gasteiger partial charge in [0.2, 0.25) is 11.1 Å². The number of carbonyl (C=O) groups excluding carboxylic acids is 1. The lowest BCUT2D eigenvalue weighted by molar-refractivity contribution is -0.113. The molecule has 1 aliphatic rings. The van der Waals surface area contributed by atoms with Crippen molar-refractivity contribution in [1.82, 2.24) is 24.7 Å². The number of hydrogen-bond donors (Lipinski definition) is 2. The number of aryl methyl sites for hydroxylation is 2. The van der Waals surface area contributed by atoms with Crippen molar-refractivity contribution in [2.75, 3.05) is 48.1 Å². The minimum atomic E-state index is -0.144. The number of hydrogen-bond acceptors (Lipinski definition) is 8. The number of anilines is 2. The molecule has 0 aliphatic carbocycles. The van der Waals surface area contributed by atoms with E-state index in [4.69, 9.17) is 10.6 Å².